The molecule has 0 aromatic heterocycles. The van der Waals surface area contributed by atoms with Crippen LogP contribution in [-0.2, 0) is 14.4 Å². The average molecular weight is 771 g/mol. The van der Waals surface area contributed by atoms with Gasteiger partial charge in [0.25, 0.3) is 17.7 Å². The predicted octanol–water partition coefficient (Wildman–Crippen LogP) is 1.51. The Kier molecular flexibility index (Phi) is 15.4. The minimum absolute atomic E-state index is 0.232. The number of hydrogen-bond donors (Lipinski definition) is 12. The summed E-state index contributed by atoms with van der Waals surface area (Å²) in [5.74, 6) is -10.6. The Morgan fingerprint density at radius 2 is 0.709 bits per heavy atom. The fourth-order valence-corrected chi connectivity index (χ4v) is 5.61. The number of nitrogens with zero attached hydrogens (tertiary/aromatic N) is 1. The topological polar surface area (TPSA) is 324 Å². The number of aromatic hydroxyl groups is 6. The summed E-state index contributed by atoms with van der Waals surface area (Å²) < 4.78 is 0. The van der Waals surface area contributed by atoms with Gasteiger partial charge < -0.3 is 61.9 Å². The quantitative estimate of drug-likeness (QED) is 0.0683. The van der Waals surface area contributed by atoms with Gasteiger partial charge >= 0.3 is 17.9 Å². The molecule has 296 valence electrons. The minimum atomic E-state index is -1.25. The van der Waals surface area contributed by atoms with Gasteiger partial charge in [-0.05, 0) is 55.7 Å². The van der Waals surface area contributed by atoms with Crippen LogP contribution < -0.4 is 16.0 Å². The second-order valence-electron chi connectivity index (χ2n) is 12.5. The van der Waals surface area contributed by atoms with Gasteiger partial charge in [-0.3, -0.25) is 33.7 Å². The average Bonchev–Trinajstić information content (AvgIpc) is 3.11. The molecule has 3 atom stereocenters. The summed E-state index contributed by atoms with van der Waals surface area (Å²) in [5.41, 5.74) is -1.08. The van der Waals surface area contributed by atoms with Gasteiger partial charge in [-0.1, -0.05) is 18.2 Å². The van der Waals surface area contributed by atoms with Crippen LogP contribution in [-0.4, -0.2) is 124 Å². The van der Waals surface area contributed by atoms with Crippen LogP contribution in [0.3, 0.4) is 0 Å². The molecule has 0 radical (unpaired) electrons. The molecule has 0 aliphatic heterocycles. The number of amides is 3. The molecule has 19 heteroatoms. The molecule has 0 bridgehead atoms. The number of rotatable bonds is 21. The van der Waals surface area contributed by atoms with Crippen molar-refractivity contribution in [3.05, 3.63) is 71.3 Å². The van der Waals surface area contributed by atoms with Crippen molar-refractivity contribution in [2.45, 2.75) is 56.7 Å². The number of hydrogen-bond acceptors (Lipinski definition) is 13. The first-order valence-electron chi connectivity index (χ1n) is 16.8. The number of nitrogens with one attached hydrogen (secondary N) is 3. The van der Waals surface area contributed by atoms with E-state index in [0.717, 1.165) is 18.2 Å². The van der Waals surface area contributed by atoms with Crippen molar-refractivity contribution < 1.29 is 74.7 Å². The molecular weight excluding hydrogens is 728 g/mol. The molecule has 0 saturated heterocycles. The van der Waals surface area contributed by atoms with Crippen LogP contribution in [0.5, 0.6) is 34.5 Å². The molecule has 0 aliphatic rings. The van der Waals surface area contributed by atoms with Crippen LogP contribution in [0.4, 0.5) is 0 Å². The number of benzene rings is 3. The molecule has 19 nitrogen and oxygen atoms in total. The first kappa shape index (κ1) is 42.7. The van der Waals surface area contributed by atoms with Crippen LogP contribution in [0, 0.1) is 0 Å². The van der Waals surface area contributed by atoms with Crippen molar-refractivity contribution >= 4 is 35.6 Å². The highest BCUT2D eigenvalue weighted by atomic mass is 16.4. The summed E-state index contributed by atoms with van der Waals surface area (Å²) in [6.45, 7) is -0.856. The Morgan fingerprint density at radius 1 is 0.455 bits per heavy atom. The van der Waals surface area contributed by atoms with Gasteiger partial charge in [0.1, 0.15) is 0 Å². The molecule has 3 aromatic carbocycles. The summed E-state index contributed by atoms with van der Waals surface area (Å²) >= 11 is 0. The van der Waals surface area contributed by atoms with E-state index >= 15 is 0 Å². The maximum atomic E-state index is 13.3. The standard InChI is InChI=1S/C36H42N4O15/c41-25-7-1-4-22(31(25)50)34(53)37-19(10-13-28(44)45)16-40(17-20(11-14-29(46)47)38-35(54)23-5-2-8-26(42)32(23)51)18-21(12-15-30(48)49)39-36(55)24-6-3-9-27(43)33(24)52/h1-9,19-21,41-43,50-52H,10-18H2,(H,37,53)(H,38,54)(H,39,55)(H,44,45)(H,46,47)(H,48,49). The first-order chi connectivity index (χ1) is 26.0. The lowest BCUT2D eigenvalue weighted by molar-refractivity contribution is -0.138. The van der Waals surface area contributed by atoms with E-state index < -0.39 is 108 Å². The molecule has 0 fully saturated rings. The number of para-hydroxylation sites is 3. The fourth-order valence-electron chi connectivity index (χ4n) is 5.61. The zero-order valence-corrected chi connectivity index (χ0v) is 29.2. The molecule has 3 rings (SSSR count). The van der Waals surface area contributed by atoms with E-state index in [0.29, 0.717) is 0 Å². The second-order valence-corrected chi connectivity index (χ2v) is 12.5. The molecule has 55 heavy (non-hydrogen) atoms. The highest BCUT2D eigenvalue weighted by Gasteiger charge is 2.28. The Balaban J connectivity index is 2.05. The van der Waals surface area contributed by atoms with Gasteiger partial charge in [0.15, 0.2) is 34.5 Å². The maximum absolute atomic E-state index is 13.3. The highest BCUT2D eigenvalue weighted by Crippen LogP contribution is 2.30. The van der Waals surface area contributed by atoms with E-state index in [4.69, 9.17) is 0 Å². The monoisotopic (exact) mass is 770 g/mol. The zero-order chi connectivity index (χ0) is 40.8. The van der Waals surface area contributed by atoms with Crippen molar-refractivity contribution in [2.24, 2.45) is 0 Å². The van der Waals surface area contributed by atoms with E-state index in [1.54, 1.807) is 0 Å². The van der Waals surface area contributed by atoms with Crippen molar-refractivity contribution in [1.82, 2.24) is 20.9 Å². The predicted molar refractivity (Wildman–Crippen MR) is 190 cm³/mol. The van der Waals surface area contributed by atoms with Gasteiger partial charge in [-0.25, -0.2) is 0 Å². The zero-order valence-electron chi connectivity index (χ0n) is 29.2. The van der Waals surface area contributed by atoms with E-state index in [9.17, 15) is 74.7 Å². The minimum Gasteiger partial charge on any atom is -0.504 e. The largest absolute Gasteiger partial charge is 0.504 e. The van der Waals surface area contributed by atoms with Crippen molar-refractivity contribution in [3.63, 3.8) is 0 Å². The number of carboxylic acids is 3. The number of carbonyl (C=O) groups excluding carboxylic acids is 3. The van der Waals surface area contributed by atoms with Crippen molar-refractivity contribution in [1.29, 1.82) is 0 Å². The van der Waals surface area contributed by atoms with Gasteiger partial charge in [0, 0.05) is 57.0 Å². The Bertz CT molecular complexity index is 1670. The summed E-state index contributed by atoms with van der Waals surface area (Å²) in [5, 5.41) is 96.9. The van der Waals surface area contributed by atoms with Crippen molar-refractivity contribution in [3.8, 4) is 34.5 Å². The summed E-state index contributed by atoms with van der Waals surface area (Å²) in [6, 6.07) is 7.55. The van der Waals surface area contributed by atoms with E-state index in [1.807, 2.05) is 0 Å². The smallest absolute Gasteiger partial charge is 0.303 e. The SMILES string of the molecule is O=C(O)CCC(CN(CC(CCC(=O)O)NC(=O)c1cccc(O)c1O)CC(CCC(=O)O)NC(=O)c1cccc(O)c1O)NC(=O)c1cccc(O)c1O. The highest BCUT2D eigenvalue weighted by molar-refractivity contribution is 5.99. The normalized spacial score (nSPS) is 12.6. The van der Waals surface area contributed by atoms with Crippen molar-refractivity contribution in [2.75, 3.05) is 19.6 Å². The van der Waals surface area contributed by atoms with Crippen LogP contribution in [0.2, 0.25) is 0 Å². The van der Waals surface area contributed by atoms with E-state index in [1.165, 1.54) is 41.3 Å². The van der Waals surface area contributed by atoms with Gasteiger partial charge in [0.05, 0.1) is 16.7 Å². The maximum Gasteiger partial charge on any atom is 0.303 e. The molecule has 0 saturated carbocycles. The number of carboxylic acid groups (broad SMARTS) is 3. The van der Waals surface area contributed by atoms with Gasteiger partial charge in [-0.15, -0.1) is 0 Å². The second kappa shape index (κ2) is 19.9. The van der Waals surface area contributed by atoms with Gasteiger partial charge in [-0.2, -0.15) is 0 Å². The number of carbonyl (C=O) groups is 6. The third kappa shape index (κ3) is 13.0. The molecule has 0 heterocycles. The van der Waals surface area contributed by atoms with Crippen LogP contribution in [0.15, 0.2) is 54.6 Å². The number of phenolic OH excluding ortho intramolecular Hbond substituents is 6. The number of aliphatic carboxylic acids is 3. The number of phenols is 6. The summed E-state index contributed by atoms with van der Waals surface area (Å²) in [7, 11) is 0. The molecule has 0 spiro atoms. The molecule has 12 N–H and O–H groups in total. The Morgan fingerprint density at radius 3 is 0.945 bits per heavy atom. The Labute approximate surface area is 313 Å². The molecule has 3 aromatic rings. The lowest BCUT2D eigenvalue weighted by Gasteiger charge is -2.34. The third-order valence-corrected chi connectivity index (χ3v) is 8.34. The van der Waals surface area contributed by atoms with E-state index in [2.05, 4.69) is 16.0 Å². The van der Waals surface area contributed by atoms with Crippen LogP contribution >= 0.6 is 0 Å². The lowest BCUT2D eigenvalue weighted by atomic mass is 10.0. The summed E-state index contributed by atoms with van der Waals surface area (Å²) in [6.07, 6.45) is -2.17. The molecule has 0 aliphatic carbocycles. The third-order valence-electron chi connectivity index (χ3n) is 8.34. The first-order valence-corrected chi connectivity index (χ1v) is 16.8. The molecule has 3 amide bonds. The fraction of sp³-hybridized carbons (Fsp3) is 0.333. The lowest BCUT2D eigenvalue weighted by Crippen LogP contribution is -2.53. The summed E-state index contributed by atoms with van der Waals surface area (Å²) in [4.78, 5) is 76.3. The van der Waals surface area contributed by atoms with Crippen LogP contribution in [0.1, 0.15) is 69.6 Å². The Hall–Kier alpha value is -6.76. The van der Waals surface area contributed by atoms with E-state index in [-0.39, 0.29) is 55.6 Å². The molecular formula is C36H42N4O15. The van der Waals surface area contributed by atoms with Crippen LogP contribution in [0.25, 0.3) is 0 Å². The molecule has 3 unspecified atom stereocenters. The van der Waals surface area contributed by atoms with Gasteiger partial charge in [0.2, 0.25) is 0 Å².